The number of hydrogen-bond donors (Lipinski definition) is 1. The van der Waals surface area contributed by atoms with Crippen LogP contribution in [0.2, 0.25) is 0 Å². The minimum Gasteiger partial charge on any atom is -0.475 e. The SMILES string of the molecule is [C-]#[N+]c1cc(OC2C[C@H]3CC[C@@H](C2)N3)nc(-c2cccc(F)c2)c1. The van der Waals surface area contributed by atoms with Crippen LogP contribution in [0.1, 0.15) is 25.7 Å². The minimum atomic E-state index is -0.320. The lowest BCUT2D eigenvalue weighted by atomic mass is 10.0. The zero-order valence-electron chi connectivity index (χ0n) is 13.2. The second kappa shape index (κ2) is 6.21. The molecule has 2 saturated heterocycles. The molecule has 4 rings (SSSR count). The van der Waals surface area contributed by atoms with E-state index in [4.69, 9.17) is 11.3 Å². The molecule has 0 radical (unpaired) electrons. The zero-order chi connectivity index (χ0) is 16.5. The molecule has 0 saturated carbocycles. The monoisotopic (exact) mass is 323 g/mol. The fourth-order valence-corrected chi connectivity index (χ4v) is 3.68. The Morgan fingerprint density at radius 2 is 1.96 bits per heavy atom. The van der Waals surface area contributed by atoms with Gasteiger partial charge in [0.25, 0.3) is 0 Å². The highest BCUT2D eigenvalue weighted by atomic mass is 19.1. The van der Waals surface area contributed by atoms with Crippen molar-refractivity contribution in [2.24, 2.45) is 0 Å². The maximum absolute atomic E-state index is 13.5. The zero-order valence-corrected chi connectivity index (χ0v) is 13.2. The first kappa shape index (κ1) is 15.1. The number of ether oxygens (including phenoxy) is 1. The van der Waals surface area contributed by atoms with Crippen molar-refractivity contribution in [3.63, 3.8) is 0 Å². The summed E-state index contributed by atoms with van der Waals surface area (Å²) in [4.78, 5) is 8.00. The van der Waals surface area contributed by atoms with Gasteiger partial charge in [-0.15, -0.1) is 0 Å². The molecule has 5 heteroatoms. The molecule has 0 aliphatic carbocycles. The number of fused-ring (bicyclic) bond motifs is 2. The van der Waals surface area contributed by atoms with Crippen LogP contribution in [-0.4, -0.2) is 23.2 Å². The number of hydrogen-bond acceptors (Lipinski definition) is 3. The number of benzene rings is 1. The summed E-state index contributed by atoms with van der Waals surface area (Å²) in [5.41, 5.74) is 1.67. The molecule has 1 aromatic heterocycles. The van der Waals surface area contributed by atoms with E-state index >= 15 is 0 Å². The number of rotatable bonds is 3. The first-order chi connectivity index (χ1) is 11.7. The lowest BCUT2D eigenvalue weighted by Gasteiger charge is -2.29. The highest BCUT2D eigenvalue weighted by Gasteiger charge is 2.34. The van der Waals surface area contributed by atoms with Crippen LogP contribution in [0.15, 0.2) is 36.4 Å². The summed E-state index contributed by atoms with van der Waals surface area (Å²) in [6, 6.07) is 10.6. The quantitative estimate of drug-likeness (QED) is 0.864. The molecule has 3 atom stereocenters. The topological polar surface area (TPSA) is 38.5 Å². The number of aromatic nitrogens is 1. The molecule has 2 aliphatic heterocycles. The maximum Gasteiger partial charge on any atom is 0.203 e. The van der Waals surface area contributed by atoms with Crippen LogP contribution in [-0.2, 0) is 0 Å². The highest BCUT2D eigenvalue weighted by Crippen LogP contribution is 2.32. The Labute approximate surface area is 140 Å². The fraction of sp³-hybridized carbons (Fsp3) is 0.368. The molecular formula is C19H18FN3O. The van der Waals surface area contributed by atoms with Crippen LogP contribution in [0.25, 0.3) is 16.1 Å². The molecule has 122 valence electrons. The van der Waals surface area contributed by atoms with Gasteiger partial charge < -0.3 is 10.1 Å². The molecule has 1 N–H and O–H groups in total. The van der Waals surface area contributed by atoms with Gasteiger partial charge in [0.2, 0.25) is 5.88 Å². The van der Waals surface area contributed by atoms with E-state index < -0.39 is 0 Å². The number of nitrogens with one attached hydrogen (secondary N) is 1. The molecule has 24 heavy (non-hydrogen) atoms. The Bertz CT molecular complexity index is 789. The lowest BCUT2D eigenvalue weighted by molar-refractivity contribution is 0.132. The van der Waals surface area contributed by atoms with Crippen LogP contribution >= 0.6 is 0 Å². The molecule has 4 nitrogen and oxygen atoms in total. The van der Waals surface area contributed by atoms with E-state index in [1.807, 2.05) is 0 Å². The Kier molecular flexibility index (Phi) is 3.91. The Morgan fingerprint density at radius 1 is 1.17 bits per heavy atom. The van der Waals surface area contributed by atoms with Gasteiger partial charge in [-0.05, 0) is 43.9 Å². The highest BCUT2D eigenvalue weighted by molar-refractivity contribution is 5.65. The Balaban J connectivity index is 1.61. The Hall–Kier alpha value is -2.45. The van der Waals surface area contributed by atoms with Crippen LogP contribution in [0.5, 0.6) is 5.88 Å². The summed E-state index contributed by atoms with van der Waals surface area (Å²) in [7, 11) is 0. The van der Waals surface area contributed by atoms with Gasteiger partial charge in [0.05, 0.1) is 12.3 Å². The Morgan fingerprint density at radius 3 is 2.67 bits per heavy atom. The normalized spacial score (nSPS) is 25.2. The van der Waals surface area contributed by atoms with Crippen LogP contribution < -0.4 is 10.1 Å². The van der Waals surface area contributed by atoms with Crippen molar-refractivity contribution in [2.75, 3.05) is 0 Å². The third kappa shape index (κ3) is 3.10. The minimum absolute atomic E-state index is 0.123. The van der Waals surface area contributed by atoms with Crippen molar-refractivity contribution in [2.45, 2.75) is 43.9 Å². The molecule has 2 bridgehead atoms. The number of piperidine rings is 1. The summed E-state index contributed by atoms with van der Waals surface area (Å²) in [6.07, 6.45) is 4.46. The van der Waals surface area contributed by atoms with Crippen LogP contribution in [0.4, 0.5) is 10.1 Å². The van der Waals surface area contributed by atoms with Gasteiger partial charge in [0.15, 0.2) is 5.69 Å². The lowest BCUT2D eigenvalue weighted by Crippen LogP contribution is -2.42. The summed E-state index contributed by atoms with van der Waals surface area (Å²) in [5, 5.41) is 3.58. The van der Waals surface area contributed by atoms with Gasteiger partial charge in [-0.3, -0.25) is 0 Å². The molecule has 2 fully saturated rings. The molecule has 2 aromatic rings. The largest absolute Gasteiger partial charge is 0.475 e. The van der Waals surface area contributed by atoms with Gasteiger partial charge in [-0.1, -0.05) is 12.1 Å². The second-order valence-corrected chi connectivity index (χ2v) is 6.52. The van der Waals surface area contributed by atoms with Crippen molar-refractivity contribution in [3.8, 4) is 17.1 Å². The van der Waals surface area contributed by atoms with Gasteiger partial charge >= 0.3 is 0 Å². The average molecular weight is 323 g/mol. The van der Waals surface area contributed by atoms with E-state index in [1.165, 1.54) is 25.0 Å². The van der Waals surface area contributed by atoms with E-state index in [0.29, 0.717) is 34.9 Å². The molecule has 1 unspecified atom stereocenters. The van der Waals surface area contributed by atoms with Crippen LogP contribution in [0, 0.1) is 12.4 Å². The van der Waals surface area contributed by atoms with Crippen LogP contribution in [0.3, 0.4) is 0 Å². The van der Waals surface area contributed by atoms with Gasteiger partial charge in [0.1, 0.15) is 11.9 Å². The van der Waals surface area contributed by atoms with Gasteiger partial charge in [0, 0.05) is 23.7 Å². The molecule has 3 heterocycles. The summed E-state index contributed by atoms with van der Waals surface area (Å²) < 4.78 is 19.6. The van der Waals surface area contributed by atoms with Crippen molar-refractivity contribution >= 4 is 5.69 Å². The fourth-order valence-electron chi connectivity index (χ4n) is 3.68. The summed E-state index contributed by atoms with van der Waals surface area (Å²) >= 11 is 0. The van der Waals surface area contributed by atoms with Crippen molar-refractivity contribution < 1.29 is 9.13 Å². The van der Waals surface area contributed by atoms with E-state index in [-0.39, 0.29) is 11.9 Å². The van der Waals surface area contributed by atoms with Crippen molar-refractivity contribution in [1.29, 1.82) is 0 Å². The van der Waals surface area contributed by atoms with E-state index in [0.717, 1.165) is 12.8 Å². The van der Waals surface area contributed by atoms with Crippen molar-refractivity contribution in [1.82, 2.24) is 10.3 Å². The number of nitrogens with zero attached hydrogens (tertiary/aromatic N) is 2. The standard InChI is InChI=1S/C19H18FN3O/c1-21-16-10-18(12-3-2-4-13(20)7-12)23-19(11-16)24-17-8-14-5-6-15(9-17)22-14/h2-4,7,10-11,14-15,17,22H,5-6,8-9H2/t14-,15+,17?. The average Bonchev–Trinajstić information content (AvgIpc) is 2.93. The molecule has 0 amide bonds. The molecule has 1 aromatic carbocycles. The maximum atomic E-state index is 13.5. The van der Waals surface area contributed by atoms with E-state index in [9.17, 15) is 4.39 Å². The van der Waals surface area contributed by atoms with E-state index in [2.05, 4.69) is 15.1 Å². The smallest absolute Gasteiger partial charge is 0.203 e. The predicted octanol–water partition coefficient (Wildman–Crippen LogP) is 4.10. The molecule has 2 aliphatic rings. The summed E-state index contributed by atoms with van der Waals surface area (Å²) in [6.45, 7) is 7.29. The van der Waals surface area contributed by atoms with E-state index in [1.54, 1.807) is 24.3 Å². The first-order valence-corrected chi connectivity index (χ1v) is 8.28. The molecular weight excluding hydrogens is 305 g/mol. The van der Waals surface area contributed by atoms with Crippen molar-refractivity contribution in [3.05, 3.63) is 53.6 Å². The second-order valence-electron chi connectivity index (χ2n) is 6.52. The summed E-state index contributed by atoms with van der Waals surface area (Å²) in [5.74, 6) is 0.133. The third-order valence-corrected chi connectivity index (χ3v) is 4.75. The number of pyridine rings is 1. The third-order valence-electron chi connectivity index (χ3n) is 4.75. The van der Waals surface area contributed by atoms with Gasteiger partial charge in [-0.2, -0.15) is 0 Å². The molecule has 0 spiro atoms. The van der Waals surface area contributed by atoms with Gasteiger partial charge in [-0.25, -0.2) is 14.2 Å². The predicted molar refractivity (Wildman–Crippen MR) is 89.5 cm³/mol. The first-order valence-electron chi connectivity index (χ1n) is 8.28. The number of halogens is 1.